The van der Waals surface area contributed by atoms with Gasteiger partial charge in [-0.05, 0) is 25.5 Å². The molecule has 2 heterocycles. The molecule has 0 atom stereocenters. The van der Waals surface area contributed by atoms with Crippen molar-refractivity contribution in [1.29, 1.82) is 0 Å². The van der Waals surface area contributed by atoms with Crippen molar-refractivity contribution in [2.75, 3.05) is 18.0 Å². The van der Waals surface area contributed by atoms with E-state index in [0.29, 0.717) is 6.54 Å². The fourth-order valence-electron chi connectivity index (χ4n) is 2.76. The van der Waals surface area contributed by atoms with Crippen LogP contribution in [-0.4, -0.2) is 24.7 Å². The van der Waals surface area contributed by atoms with Gasteiger partial charge >= 0.3 is 0 Å². The number of aliphatic imine (C=N–C) groups is 1. The van der Waals surface area contributed by atoms with E-state index in [9.17, 15) is 4.79 Å². The zero-order valence-corrected chi connectivity index (χ0v) is 14.3. The Bertz CT molecular complexity index is 788. The van der Waals surface area contributed by atoms with Crippen LogP contribution >= 0.6 is 11.3 Å². The number of carbonyl (C=O) groups excluding carboxylic acids is 1. The van der Waals surface area contributed by atoms with Gasteiger partial charge in [-0.1, -0.05) is 36.8 Å². The molecule has 0 fully saturated rings. The van der Waals surface area contributed by atoms with Gasteiger partial charge in [-0.2, -0.15) is 0 Å². The van der Waals surface area contributed by atoms with E-state index in [1.54, 1.807) is 22.3 Å². The topological polar surface area (TPSA) is 32.7 Å². The monoisotopic (exact) mass is 324 g/mol. The molecule has 2 aromatic rings. The van der Waals surface area contributed by atoms with Crippen molar-refractivity contribution in [2.24, 2.45) is 4.99 Å². The maximum absolute atomic E-state index is 12.5. The minimum atomic E-state index is 0.0262. The summed E-state index contributed by atoms with van der Waals surface area (Å²) in [5.74, 6) is 0.0262. The Morgan fingerprint density at radius 2 is 2.22 bits per heavy atom. The maximum Gasteiger partial charge on any atom is 0.249 e. The first-order chi connectivity index (χ1) is 11.1. The second kappa shape index (κ2) is 6.50. The van der Waals surface area contributed by atoms with Crippen molar-refractivity contribution in [3.63, 3.8) is 0 Å². The Balaban J connectivity index is 2.17. The molecule has 23 heavy (non-hydrogen) atoms. The zero-order valence-electron chi connectivity index (χ0n) is 13.5. The molecule has 1 amide bonds. The molecule has 0 saturated carbocycles. The van der Waals surface area contributed by atoms with Crippen LogP contribution in [0.5, 0.6) is 0 Å². The third-order valence-electron chi connectivity index (χ3n) is 3.89. The summed E-state index contributed by atoms with van der Waals surface area (Å²) in [6.45, 7) is 8.69. The Morgan fingerprint density at radius 3 is 2.91 bits per heavy atom. The Hall–Kier alpha value is -2.20. The lowest BCUT2D eigenvalue weighted by molar-refractivity contribution is -0.117. The minimum absolute atomic E-state index is 0.0262. The van der Waals surface area contributed by atoms with Crippen LogP contribution in [-0.2, 0) is 11.2 Å². The smallest absolute Gasteiger partial charge is 0.249 e. The van der Waals surface area contributed by atoms with Crippen LogP contribution in [0.3, 0.4) is 0 Å². The van der Waals surface area contributed by atoms with Gasteiger partial charge in [-0.25, -0.2) is 0 Å². The number of benzene rings is 1. The number of carbonyl (C=O) groups is 1. The van der Waals surface area contributed by atoms with Gasteiger partial charge in [0.25, 0.3) is 0 Å². The largest absolute Gasteiger partial charge is 0.298 e. The lowest BCUT2D eigenvalue weighted by Crippen LogP contribution is -2.31. The molecule has 3 rings (SSSR count). The summed E-state index contributed by atoms with van der Waals surface area (Å²) in [4.78, 5) is 20.2. The van der Waals surface area contributed by atoms with Gasteiger partial charge in [0.2, 0.25) is 5.91 Å². The fraction of sp³-hybridized carbons (Fsp3) is 0.263. The predicted octanol–water partition coefficient (Wildman–Crippen LogP) is 3.99. The number of hydrogen-bond acceptors (Lipinski definition) is 3. The minimum Gasteiger partial charge on any atom is -0.298 e. The third-order valence-corrected chi connectivity index (χ3v) is 5.19. The summed E-state index contributed by atoms with van der Waals surface area (Å²) in [7, 11) is 0. The van der Waals surface area contributed by atoms with E-state index in [0.717, 1.165) is 28.3 Å². The molecular formula is C19H20N2OS. The molecule has 1 aromatic heterocycles. The predicted molar refractivity (Wildman–Crippen MR) is 97.9 cm³/mol. The first-order valence-corrected chi connectivity index (χ1v) is 8.61. The van der Waals surface area contributed by atoms with E-state index in [2.05, 4.69) is 49.7 Å². The molecular weight excluding hydrogens is 304 g/mol. The number of aryl methyl sites for hydroxylation is 2. The lowest BCUT2D eigenvalue weighted by atomic mass is 10.0. The van der Waals surface area contributed by atoms with Crippen LogP contribution < -0.4 is 4.90 Å². The highest BCUT2D eigenvalue weighted by Crippen LogP contribution is 2.35. The molecule has 0 saturated heterocycles. The van der Waals surface area contributed by atoms with E-state index >= 15 is 0 Å². The number of nitrogens with zero attached hydrogens (tertiary/aromatic N) is 2. The van der Waals surface area contributed by atoms with E-state index in [1.807, 2.05) is 6.07 Å². The number of thiophene rings is 1. The second-order valence-electron chi connectivity index (χ2n) is 5.61. The van der Waals surface area contributed by atoms with Crippen LogP contribution in [0.2, 0.25) is 0 Å². The molecule has 1 aliphatic rings. The van der Waals surface area contributed by atoms with Crippen molar-refractivity contribution in [3.8, 4) is 0 Å². The first kappa shape index (κ1) is 15.7. The number of anilines is 1. The summed E-state index contributed by atoms with van der Waals surface area (Å²) in [6.07, 6.45) is 2.72. The van der Waals surface area contributed by atoms with Crippen LogP contribution in [0.1, 0.15) is 28.5 Å². The van der Waals surface area contributed by atoms with Gasteiger partial charge in [0.05, 0.1) is 5.71 Å². The molecule has 1 aliphatic heterocycles. The van der Waals surface area contributed by atoms with Crippen LogP contribution in [0.15, 0.2) is 48.0 Å². The van der Waals surface area contributed by atoms with Crippen molar-refractivity contribution >= 4 is 28.0 Å². The molecule has 4 heteroatoms. The highest BCUT2D eigenvalue weighted by Gasteiger charge is 2.26. The van der Waals surface area contributed by atoms with E-state index in [1.165, 1.54) is 10.4 Å². The van der Waals surface area contributed by atoms with E-state index < -0.39 is 0 Å². The summed E-state index contributed by atoms with van der Waals surface area (Å²) in [5.41, 5.74) is 4.24. The highest BCUT2D eigenvalue weighted by molar-refractivity contribution is 7.16. The molecule has 0 radical (unpaired) electrons. The van der Waals surface area contributed by atoms with Gasteiger partial charge in [0.1, 0.15) is 11.5 Å². The Labute approximate surface area is 141 Å². The highest BCUT2D eigenvalue weighted by atomic mass is 32.1. The molecule has 0 N–H and O–H groups in total. The molecule has 118 valence electrons. The van der Waals surface area contributed by atoms with Gasteiger partial charge in [-0.15, -0.1) is 17.9 Å². The average Bonchev–Trinajstić information content (AvgIpc) is 2.91. The standard InChI is InChI=1S/C19H20N2OS/c1-4-9-21-17(22)12-20-18(14-8-6-7-13(3)10-14)16-11-15(5-2)23-19(16)21/h4,6-8,10-11H,1,5,9,12H2,2-3H3. The Kier molecular flexibility index (Phi) is 4.44. The summed E-state index contributed by atoms with van der Waals surface area (Å²) >= 11 is 1.68. The van der Waals surface area contributed by atoms with Crippen LogP contribution in [0.25, 0.3) is 0 Å². The third kappa shape index (κ3) is 2.99. The number of rotatable bonds is 4. The first-order valence-electron chi connectivity index (χ1n) is 7.80. The lowest BCUT2D eigenvalue weighted by Gasteiger charge is -2.18. The average molecular weight is 324 g/mol. The molecule has 0 bridgehead atoms. The van der Waals surface area contributed by atoms with Gasteiger partial charge in [0.15, 0.2) is 0 Å². The van der Waals surface area contributed by atoms with E-state index in [-0.39, 0.29) is 12.5 Å². The van der Waals surface area contributed by atoms with Crippen LogP contribution in [0, 0.1) is 6.92 Å². The van der Waals surface area contributed by atoms with E-state index in [4.69, 9.17) is 0 Å². The van der Waals surface area contributed by atoms with Crippen molar-refractivity contribution in [2.45, 2.75) is 20.3 Å². The molecule has 0 aliphatic carbocycles. The molecule has 1 aromatic carbocycles. The quantitative estimate of drug-likeness (QED) is 0.783. The second-order valence-corrected chi connectivity index (χ2v) is 6.73. The van der Waals surface area contributed by atoms with Gasteiger partial charge in [-0.3, -0.25) is 14.7 Å². The van der Waals surface area contributed by atoms with Gasteiger partial charge < -0.3 is 0 Å². The summed E-state index contributed by atoms with van der Waals surface area (Å²) < 4.78 is 0. The number of hydrogen-bond donors (Lipinski definition) is 0. The molecule has 3 nitrogen and oxygen atoms in total. The maximum atomic E-state index is 12.5. The van der Waals surface area contributed by atoms with Gasteiger partial charge in [0, 0.05) is 22.5 Å². The normalized spacial score (nSPS) is 14.3. The molecule has 0 spiro atoms. The Morgan fingerprint density at radius 1 is 1.39 bits per heavy atom. The van der Waals surface area contributed by atoms with Crippen molar-refractivity contribution in [1.82, 2.24) is 0 Å². The fourth-order valence-corrected chi connectivity index (χ4v) is 3.88. The van der Waals surface area contributed by atoms with Crippen molar-refractivity contribution < 1.29 is 4.79 Å². The summed E-state index contributed by atoms with van der Waals surface area (Å²) in [5, 5.41) is 0.990. The number of amides is 1. The number of fused-ring (bicyclic) bond motifs is 1. The SMILES string of the molecule is C=CCN1C(=O)CN=C(c2cccc(C)c2)c2cc(CC)sc21. The zero-order chi connectivity index (χ0) is 16.4. The van der Waals surface area contributed by atoms with Crippen molar-refractivity contribution in [3.05, 3.63) is 64.6 Å². The van der Waals surface area contributed by atoms with Crippen LogP contribution in [0.4, 0.5) is 5.00 Å². The summed E-state index contributed by atoms with van der Waals surface area (Å²) in [6, 6.07) is 10.5. The molecule has 0 unspecified atom stereocenters.